The van der Waals surface area contributed by atoms with Gasteiger partial charge in [-0.15, -0.1) is 0 Å². The predicted molar refractivity (Wildman–Crippen MR) is 92.2 cm³/mol. The van der Waals surface area contributed by atoms with Crippen molar-refractivity contribution in [3.8, 4) is 0 Å². The van der Waals surface area contributed by atoms with Gasteiger partial charge in [-0.25, -0.2) is 15.0 Å². The molecule has 1 aliphatic heterocycles. The van der Waals surface area contributed by atoms with Gasteiger partial charge in [0.05, 0.1) is 24.2 Å². The van der Waals surface area contributed by atoms with Crippen LogP contribution in [0.4, 0.5) is 0 Å². The zero-order chi connectivity index (χ0) is 17.4. The average molecular weight is 337 g/mol. The maximum Gasteiger partial charge on any atom is 0.254 e. The van der Waals surface area contributed by atoms with Crippen LogP contribution in [0.1, 0.15) is 33.8 Å². The zero-order valence-corrected chi connectivity index (χ0v) is 14.2. The number of aromatic amines is 1. The molecule has 7 heteroatoms. The number of nitrogens with one attached hydrogen (secondary N) is 1. The molecule has 128 valence electrons. The Bertz CT molecular complexity index is 936. The standard InChI is InChI=1S/C18H19N5O2/c1-11-5-6-19-17(20-11)16-10-23(7-8-25-16)18(24)13-3-4-14-15(9-13)22-12(2)21-14/h3-6,9,16H,7-8,10H2,1-2H3,(H,21,22)/t16-/m1/s1. The largest absolute Gasteiger partial charge is 0.367 e. The van der Waals surface area contributed by atoms with Crippen LogP contribution in [0.2, 0.25) is 0 Å². The maximum absolute atomic E-state index is 12.9. The van der Waals surface area contributed by atoms with Crippen LogP contribution in [0.15, 0.2) is 30.5 Å². The first-order chi connectivity index (χ1) is 12.1. The SMILES string of the molecule is Cc1ccnc([C@H]2CN(C(=O)c3ccc4nc(C)[nH]c4c3)CCO2)n1. The number of aromatic nitrogens is 4. The van der Waals surface area contributed by atoms with E-state index in [2.05, 4.69) is 19.9 Å². The molecule has 0 spiro atoms. The number of hydrogen-bond acceptors (Lipinski definition) is 5. The highest BCUT2D eigenvalue weighted by molar-refractivity contribution is 5.97. The van der Waals surface area contributed by atoms with Gasteiger partial charge < -0.3 is 14.6 Å². The van der Waals surface area contributed by atoms with Crippen molar-refractivity contribution in [2.75, 3.05) is 19.7 Å². The summed E-state index contributed by atoms with van der Waals surface area (Å²) in [6.45, 7) is 5.29. The van der Waals surface area contributed by atoms with E-state index < -0.39 is 0 Å². The molecule has 4 rings (SSSR count). The van der Waals surface area contributed by atoms with E-state index in [0.29, 0.717) is 31.1 Å². The Morgan fingerprint density at radius 2 is 2.16 bits per heavy atom. The third kappa shape index (κ3) is 3.10. The first kappa shape index (κ1) is 15.7. The fourth-order valence-corrected chi connectivity index (χ4v) is 3.07. The summed E-state index contributed by atoms with van der Waals surface area (Å²) >= 11 is 0. The van der Waals surface area contributed by atoms with E-state index in [-0.39, 0.29) is 12.0 Å². The van der Waals surface area contributed by atoms with Gasteiger partial charge in [0.25, 0.3) is 5.91 Å². The van der Waals surface area contributed by atoms with Gasteiger partial charge in [-0.1, -0.05) is 0 Å². The second-order valence-corrected chi connectivity index (χ2v) is 6.22. The molecule has 1 fully saturated rings. The Morgan fingerprint density at radius 3 is 3.00 bits per heavy atom. The molecule has 1 N–H and O–H groups in total. The van der Waals surface area contributed by atoms with Crippen LogP contribution in [0.5, 0.6) is 0 Å². The Labute approximate surface area is 145 Å². The van der Waals surface area contributed by atoms with Gasteiger partial charge in [-0.2, -0.15) is 0 Å². The summed E-state index contributed by atoms with van der Waals surface area (Å²) in [6, 6.07) is 7.38. The Balaban J connectivity index is 1.56. The van der Waals surface area contributed by atoms with Crippen LogP contribution in [0.3, 0.4) is 0 Å². The molecule has 0 radical (unpaired) electrons. The van der Waals surface area contributed by atoms with Crippen molar-refractivity contribution in [3.63, 3.8) is 0 Å². The van der Waals surface area contributed by atoms with Crippen molar-refractivity contribution in [1.29, 1.82) is 0 Å². The summed E-state index contributed by atoms with van der Waals surface area (Å²) in [4.78, 5) is 30.9. The lowest BCUT2D eigenvalue weighted by atomic mass is 10.1. The van der Waals surface area contributed by atoms with E-state index >= 15 is 0 Å². The van der Waals surface area contributed by atoms with E-state index in [1.165, 1.54) is 0 Å². The maximum atomic E-state index is 12.9. The van der Waals surface area contributed by atoms with Crippen LogP contribution in [0, 0.1) is 13.8 Å². The van der Waals surface area contributed by atoms with Gasteiger partial charge in [0.15, 0.2) is 5.82 Å². The predicted octanol–water partition coefficient (Wildman–Crippen LogP) is 2.18. The third-order valence-electron chi connectivity index (χ3n) is 4.30. The van der Waals surface area contributed by atoms with Crippen LogP contribution in [0.25, 0.3) is 11.0 Å². The molecule has 1 amide bonds. The van der Waals surface area contributed by atoms with Crippen molar-refractivity contribution < 1.29 is 9.53 Å². The summed E-state index contributed by atoms with van der Waals surface area (Å²) < 4.78 is 5.77. The second kappa shape index (κ2) is 6.25. The number of aryl methyl sites for hydroxylation is 2. The molecular formula is C18H19N5O2. The quantitative estimate of drug-likeness (QED) is 0.775. The summed E-state index contributed by atoms with van der Waals surface area (Å²) in [5.74, 6) is 1.44. The number of carbonyl (C=O) groups is 1. The number of ether oxygens (including phenoxy) is 1. The number of benzene rings is 1. The van der Waals surface area contributed by atoms with E-state index in [1.54, 1.807) is 11.1 Å². The summed E-state index contributed by atoms with van der Waals surface area (Å²) in [5, 5.41) is 0. The monoisotopic (exact) mass is 337 g/mol. The van der Waals surface area contributed by atoms with Crippen molar-refractivity contribution in [3.05, 3.63) is 53.4 Å². The number of fused-ring (bicyclic) bond motifs is 1. The molecule has 0 aliphatic carbocycles. The summed E-state index contributed by atoms with van der Waals surface area (Å²) in [5.41, 5.74) is 3.26. The van der Waals surface area contributed by atoms with Gasteiger partial charge >= 0.3 is 0 Å². The van der Waals surface area contributed by atoms with Gasteiger partial charge in [-0.3, -0.25) is 4.79 Å². The van der Waals surface area contributed by atoms with Gasteiger partial charge in [0, 0.05) is 24.0 Å². The fourth-order valence-electron chi connectivity index (χ4n) is 3.07. The van der Waals surface area contributed by atoms with Crippen molar-refractivity contribution >= 4 is 16.9 Å². The fraction of sp³-hybridized carbons (Fsp3) is 0.333. The lowest BCUT2D eigenvalue weighted by molar-refractivity contribution is -0.0268. The molecule has 0 bridgehead atoms. The van der Waals surface area contributed by atoms with Crippen LogP contribution < -0.4 is 0 Å². The van der Waals surface area contributed by atoms with Crippen LogP contribution >= 0.6 is 0 Å². The Morgan fingerprint density at radius 1 is 1.28 bits per heavy atom. The van der Waals surface area contributed by atoms with Crippen molar-refractivity contribution in [2.45, 2.75) is 20.0 Å². The van der Waals surface area contributed by atoms with E-state index in [4.69, 9.17) is 4.74 Å². The number of imidazole rings is 1. The highest BCUT2D eigenvalue weighted by Crippen LogP contribution is 2.22. The van der Waals surface area contributed by atoms with Crippen molar-refractivity contribution in [1.82, 2.24) is 24.8 Å². The molecule has 3 aromatic rings. The molecule has 1 atom stereocenters. The minimum atomic E-state index is -0.296. The van der Waals surface area contributed by atoms with Crippen LogP contribution in [-0.2, 0) is 4.74 Å². The summed E-state index contributed by atoms with van der Waals surface area (Å²) in [6.07, 6.45) is 1.42. The summed E-state index contributed by atoms with van der Waals surface area (Å²) in [7, 11) is 0. The van der Waals surface area contributed by atoms with Crippen molar-refractivity contribution in [2.24, 2.45) is 0 Å². The van der Waals surface area contributed by atoms with E-state index in [1.807, 2.05) is 38.1 Å². The number of carbonyl (C=O) groups excluding carboxylic acids is 1. The Kier molecular flexibility index (Phi) is 3.93. The van der Waals surface area contributed by atoms with Gasteiger partial charge in [0.1, 0.15) is 11.9 Å². The molecule has 1 saturated heterocycles. The number of amides is 1. The molecule has 25 heavy (non-hydrogen) atoms. The molecule has 1 aromatic carbocycles. The number of nitrogens with zero attached hydrogens (tertiary/aromatic N) is 4. The number of rotatable bonds is 2. The number of H-pyrrole nitrogens is 1. The normalized spacial score (nSPS) is 17.8. The first-order valence-corrected chi connectivity index (χ1v) is 8.27. The number of morpholine rings is 1. The minimum absolute atomic E-state index is 0.0184. The Hall–Kier alpha value is -2.80. The smallest absolute Gasteiger partial charge is 0.254 e. The van der Waals surface area contributed by atoms with E-state index in [9.17, 15) is 4.79 Å². The average Bonchev–Trinajstić information content (AvgIpc) is 3.00. The molecule has 0 saturated carbocycles. The first-order valence-electron chi connectivity index (χ1n) is 8.27. The molecule has 7 nitrogen and oxygen atoms in total. The number of hydrogen-bond donors (Lipinski definition) is 1. The topological polar surface area (TPSA) is 84.0 Å². The minimum Gasteiger partial charge on any atom is -0.367 e. The highest BCUT2D eigenvalue weighted by Gasteiger charge is 2.28. The molecule has 1 aliphatic rings. The zero-order valence-electron chi connectivity index (χ0n) is 14.2. The molecule has 2 aromatic heterocycles. The molecule has 3 heterocycles. The third-order valence-corrected chi connectivity index (χ3v) is 4.30. The van der Waals surface area contributed by atoms with Gasteiger partial charge in [-0.05, 0) is 38.1 Å². The molecular weight excluding hydrogens is 318 g/mol. The molecule has 0 unspecified atom stereocenters. The van der Waals surface area contributed by atoms with Crippen LogP contribution in [-0.4, -0.2) is 50.4 Å². The lowest BCUT2D eigenvalue weighted by Crippen LogP contribution is -2.42. The highest BCUT2D eigenvalue weighted by atomic mass is 16.5. The second-order valence-electron chi connectivity index (χ2n) is 6.22. The van der Waals surface area contributed by atoms with Gasteiger partial charge in [0.2, 0.25) is 0 Å². The van der Waals surface area contributed by atoms with E-state index in [0.717, 1.165) is 22.6 Å². The lowest BCUT2D eigenvalue weighted by Gasteiger charge is -2.32.